The Bertz CT molecular complexity index is 2250. The Hall–Kier alpha value is -5.74. The number of hydrogen-bond donors (Lipinski definition) is 0. The van der Waals surface area contributed by atoms with Crippen LogP contribution in [0.5, 0.6) is 0 Å². The first kappa shape index (κ1) is 31.3. The van der Waals surface area contributed by atoms with Gasteiger partial charge in [-0.3, -0.25) is 0 Å². The first-order valence-electron chi connectivity index (χ1n) is 18.2. The molecule has 248 valence electrons. The van der Waals surface area contributed by atoms with Crippen molar-refractivity contribution in [1.29, 1.82) is 0 Å². The molecule has 6 aromatic rings. The van der Waals surface area contributed by atoms with Crippen molar-refractivity contribution in [2.75, 3.05) is 14.7 Å². The average molecular weight is 660 g/mol. The lowest BCUT2D eigenvalue weighted by Gasteiger charge is -2.46. The molecule has 51 heavy (non-hydrogen) atoms. The predicted octanol–water partition coefficient (Wildman–Crippen LogP) is 11.4. The molecule has 0 aromatic heterocycles. The number of allylic oxidation sites excluding steroid dienone is 3. The van der Waals surface area contributed by atoms with Crippen molar-refractivity contribution in [1.82, 2.24) is 0 Å². The van der Waals surface area contributed by atoms with E-state index in [4.69, 9.17) is 0 Å². The molecule has 0 bridgehead atoms. The van der Waals surface area contributed by atoms with E-state index in [0.717, 1.165) is 23.5 Å². The van der Waals surface area contributed by atoms with E-state index in [9.17, 15) is 0 Å². The zero-order chi connectivity index (χ0) is 34.7. The molecule has 0 saturated carbocycles. The van der Waals surface area contributed by atoms with Gasteiger partial charge in [-0.15, -0.1) is 0 Å². The molecule has 0 saturated heterocycles. The molecule has 3 nitrogen and oxygen atoms in total. The van der Waals surface area contributed by atoms with E-state index in [-0.39, 0.29) is 12.1 Å². The minimum absolute atomic E-state index is 0.0675. The van der Waals surface area contributed by atoms with Gasteiger partial charge in [0, 0.05) is 51.2 Å². The third kappa shape index (κ3) is 5.20. The van der Waals surface area contributed by atoms with Crippen molar-refractivity contribution in [2.24, 2.45) is 5.92 Å². The topological polar surface area (TPSA) is 9.72 Å². The van der Waals surface area contributed by atoms with Crippen LogP contribution in [0.3, 0.4) is 0 Å². The second kappa shape index (κ2) is 12.2. The molecule has 9 rings (SSSR count). The average Bonchev–Trinajstić information content (AvgIpc) is 3.16. The SMILES string of the molecule is CC1CC=CC2=C1B1c3ccc(N(c4ccccc4)c4ccccc4)cc3N(c3ccc(C(C)(C)C)cc3)c3cccc(c31)N2c1ccccc1. The highest BCUT2D eigenvalue weighted by molar-refractivity contribution is 6.95. The van der Waals surface area contributed by atoms with Crippen LogP contribution < -0.4 is 25.6 Å². The van der Waals surface area contributed by atoms with Gasteiger partial charge in [0.05, 0.1) is 0 Å². The minimum atomic E-state index is 0.0675. The molecule has 0 fully saturated rings. The molecule has 4 heteroatoms. The fourth-order valence-corrected chi connectivity index (χ4v) is 8.41. The van der Waals surface area contributed by atoms with Gasteiger partial charge in [-0.05, 0) is 113 Å². The van der Waals surface area contributed by atoms with Crippen LogP contribution in [0, 0.1) is 5.92 Å². The van der Waals surface area contributed by atoms with E-state index in [2.05, 4.69) is 206 Å². The second-order valence-corrected chi connectivity index (χ2v) is 15.1. The summed E-state index contributed by atoms with van der Waals surface area (Å²) < 4.78 is 0. The van der Waals surface area contributed by atoms with Gasteiger partial charge in [0.2, 0.25) is 6.71 Å². The molecule has 1 atom stereocenters. The van der Waals surface area contributed by atoms with Crippen LogP contribution in [0.2, 0.25) is 0 Å². The number of benzene rings is 6. The van der Waals surface area contributed by atoms with Gasteiger partial charge in [-0.25, -0.2) is 0 Å². The Morgan fingerprint density at radius 1 is 0.588 bits per heavy atom. The highest BCUT2D eigenvalue weighted by Gasteiger charge is 2.45. The van der Waals surface area contributed by atoms with E-state index in [0.29, 0.717) is 5.92 Å². The van der Waals surface area contributed by atoms with Crippen LogP contribution in [0.25, 0.3) is 0 Å². The molecular formula is C47H42BN3. The van der Waals surface area contributed by atoms with Crippen LogP contribution >= 0.6 is 0 Å². The number of para-hydroxylation sites is 3. The summed E-state index contributed by atoms with van der Waals surface area (Å²) in [5.74, 6) is 0.401. The Labute approximate surface area is 302 Å². The molecule has 2 aliphatic heterocycles. The number of fused-ring (bicyclic) bond motifs is 3. The number of nitrogens with zero attached hydrogens (tertiary/aromatic N) is 3. The van der Waals surface area contributed by atoms with Gasteiger partial charge >= 0.3 is 0 Å². The molecule has 1 unspecified atom stereocenters. The van der Waals surface area contributed by atoms with Gasteiger partial charge in [0.25, 0.3) is 0 Å². The standard InChI is InChI=1S/C47H42BN3/c1-33-16-14-23-41-45(33)48-40-31-30-39(49(35-17-8-5-9-18-35)36-19-10-6-11-20-36)32-44(40)51(38-28-26-34(27-29-38)47(2,3)4)43-25-15-24-42(46(43)48)50(41)37-21-12-7-13-22-37/h5-15,17-33H,16H2,1-4H3. The first-order chi connectivity index (χ1) is 24.9. The Morgan fingerprint density at radius 2 is 1.18 bits per heavy atom. The van der Waals surface area contributed by atoms with Gasteiger partial charge in [-0.1, -0.05) is 118 Å². The smallest absolute Gasteiger partial charge is 0.247 e. The molecule has 0 N–H and O–H groups in total. The van der Waals surface area contributed by atoms with Crippen LogP contribution in [-0.4, -0.2) is 6.71 Å². The lowest BCUT2D eigenvalue weighted by Crippen LogP contribution is -2.57. The van der Waals surface area contributed by atoms with Crippen molar-refractivity contribution in [3.8, 4) is 0 Å². The first-order valence-corrected chi connectivity index (χ1v) is 18.2. The Morgan fingerprint density at radius 3 is 1.80 bits per heavy atom. The van der Waals surface area contributed by atoms with Gasteiger partial charge in [0.15, 0.2) is 0 Å². The lowest BCUT2D eigenvalue weighted by atomic mass is 9.31. The molecule has 0 amide bonds. The summed E-state index contributed by atoms with van der Waals surface area (Å²) in [5.41, 5.74) is 16.4. The fraction of sp³-hybridized carbons (Fsp3) is 0.149. The number of hydrogen-bond acceptors (Lipinski definition) is 3. The van der Waals surface area contributed by atoms with Crippen molar-refractivity contribution in [3.63, 3.8) is 0 Å². The number of anilines is 8. The normalized spacial score (nSPS) is 16.1. The minimum Gasteiger partial charge on any atom is -0.312 e. The summed E-state index contributed by atoms with van der Waals surface area (Å²) in [6, 6.07) is 55.7. The molecule has 2 heterocycles. The summed E-state index contributed by atoms with van der Waals surface area (Å²) >= 11 is 0. The summed E-state index contributed by atoms with van der Waals surface area (Å²) in [6.45, 7) is 9.41. The second-order valence-electron chi connectivity index (χ2n) is 15.1. The molecule has 3 aliphatic rings. The zero-order valence-electron chi connectivity index (χ0n) is 29.8. The third-order valence-electron chi connectivity index (χ3n) is 10.8. The fourth-order valence-electron chi connectivity index (χ4n) is 8.41. The van der Waals surface area contributed by atoms with Crippen LogP contribution in [0.4, 0.5) is 45.5 Å². The Balaban J connectivity index is 1.32. The zero-order valence-corrected chi connectivity index (χ0v) is 29.8. The monoisotopic (exact) mass is 659 g/mol. The summed E-state index contributed by atoms with van der Waals surface area (Å²) in [6.07, 6.45) is 5.77. The van der Waals surface area contributed by atoms with E-state index in [1.165, 1.54) is 56.1 Å². The Kier molecular flexibility index (Phi) is 7.50. The molecular weight excluding hydrogens is 617 g/mol. The van der Waals surface area contributed by atoms with E-state index in [1.54, 1.807) is 0 Å². The van der Waals surface area contributed by atoms with E-state index < -0.39 is 0 Å². The van der Waals surface area contributed by atoms with Gasteiger partial charge in [-0.2, -0.15) is 0 Å². The van der Waals surface area contributed by atoms with Crippen LogP contribution in [0.15, 0.2) is 175 Å². The van der Waals surface area contributed by atoms with Crippen molar-refractivity contribution >= 4 is 63.1 Å². The van der Waals surface area contributed by atoms with E-state index >= 15 is 0 Å². The molecule has 0 spiro atoms. The van der Waals surface area contributed by atoms with Crippen molar-refractivity contribution < 1.29 is 0 Å². The van der Waals surface area contributed by atoms with Crippen molar-refractivity contribution in [2.45, 2.75) is 39.5 Å². The summed E-state index contributed by atoms with van der Waals surface area (Å²) in [5, 5.41) is 0. The predicted molar refractivity (Wildman–Crippen MR) is 218 cm³/mol. The van der Waals surface area contributed by atoms with Gasteiger partial charge in [0.1, 0.15) is 0 Å². The van der Waals surface area contributed by atoms with Crippen LogP contribution in [-0.2, 0) is 5.41 Å². The third-order valence-corrected chi connectivity index (χ3v) is 10.8. The summed E-state index contributed by atoms with van der Waals surface area (Å²) in [7, 11) is 0. The maximum Gasteiger partial charge on any atom is 0.247 e. The molecule has 1 aliphatic carbocycles. The maximum absolute atomic E-state index is 2.52. The maximum atomic E-state index is 2.52. The van der Waals surface area contributed by atoms with Gasteiger partial charge < -0.3 is 14.7 Å². The molecule has 6 aromatic carbocycles. The largest absolute Gasteiger partial charge is 0.312 e. The van der Waals surface area contributed by atoms with Crippen LogP contribution in [0.1, 0.15) is 39.7 Å². The highest BCUT2D eigenvalue weighted by Crippen LogP contribution is 2.48. The molecule has 0 radical (unpaired) electrons. The quantitative estimate of drug-likeness (QED) is 0.171. The number of rotatable bonds is 5. The lowest BCUT2D eigenvalue weighted by molar-refractivity contribution is 0.590. The summed E-state index contributed by atoms with van der Waals surface area (Å²) in [4.78, 5) is 7.40. The highest BCUT2D eigenvalue weighted by atomic mass is 15.2. The van der Waals surface area contributed by atoms with Crippen molar-refractivity contribution in [3.05, 3.63) is 181 Å². The van der Waals surface area contributed by atoms with E-state index in [1.807, 2.05) is 0 Å².